The molecule has 2 aromatic carbocycles. The largest absolute Gasteiger partial charge is 0.497 e. The lowest BCUT2D eigenvalue weighted by molar-refractivity contribution is -0.146. The van der Waals surface area contributed by atoms with E-state index in [9.17, 15) is 4.79 Å². The number of benzene rings is 2. The van der Waals surface area contributed by atoms with Crippen LogP contribution in [0.15, 0.2) is 67.3 Å². The van der Waals surface area contributed by atoms with Gasteiger partial charge in [-0.05, 0) is 36.6 Å². The summed E-state index contributed by atoms with van der Waals surface area (Å²) in [6, 6.07) is 17.7. The Morgan fingerprint density at radius 2 is 1.84 bits per heavy atom. The lowest BCUT2D eigenvalue weighted by Crippen LogP contribution is -2.34. The van der Waals surface area contributed by atoms with Gasteiger partial charge < -0.3 is 9.47 Å². The molecule has 0 heterocycles. The number of carbonyl (C=O) groups excluding carboxylic acids is 1. The normalized spacial score (nSPS) is 12.9. The summed E-state index contributed by atoms with van der Waals surface area (Å²) in [5.74, 6) is 1.28. The molecule has 132 valence electrons. The monoisotopic (exact) mass is 356 g/mol. The van der Waals surface area contributed by atoms with Gasteiger partial charge in [0.25, 0.3) is 0 Å². The molecule has 2 aromatic rings. The number of hydrogen-bond donors (Lipinski definition) is 0. The average molecular weight is 356 g/mol. The van der Waals surface area contributed by atoms with E-state index in [2.05, 4.69) is 6.58 Å². The van der Waals surface area contributed by atoms with E-state index in [-0.39, 0.29) is 5.97 Å². The van der Waals surface area contributed by atoms with Gasteiger partial charge in [-0.15, -0.1) is 18.3 Å². The van der Waals surface area contributed by atoms with Crippen molar-refractivity contribution in [3.05, 3.63) is 78.4 Å². The standard InChI is InChI=1S/C21H24O3S/c1-4-15-21(20(22)24-5-2,18-9-7-6-8-10-18)25-16-17-11-13-19(23-3)14-12-17/h4,6-14H,1,5,15-16H2,2-3H3. The summed E-state index contributed by atoms with van der Waals surface area (Å²) in [4.78, 5) is 12.9. The lowest BCUT2D eigenvalue weighted by atomic mass is 9.94. The highest BCUT2D eigenvalue weighted by Crippen LogP contribution is 2.43. The Morgan fingerprint density at radius 3 is 2.40 bits per heavy atom. The number of rotatable bonds is 9. The number of ether oxygens (including phenoxy) is 2. The maximum Gasteiger partial charge on any atom is 0.327 e. The van der Waals surface area contributed by atoms with Gasteiger partial charge in [0.15, 0.2) is 0 Å². The molecule has 0 saturated carbocycles. The Balaban J connectivity index is 2.31. The average Bonchev–Trinajstić information content (AvgIpc) is 2.66. The van der Waals surface area contributed by atoms with Crippen LogP contribution in [-0.2, 0) is 20.0 Å². The highest BCUT2D eigenvalue weighted by molar-refractivity contribution is 8.00. The zero-order valence-corrected chi connectivity index (χ0v) is 15.6. The molecular weight excluding hydrogens is 332 g/mol. The highest BCUT2D eigenvalue weighted by Gasteiger charge is 2.41. The smallest absolute Gasteiger partial charge is 0.327 e. The van der Waals surface area contributed by atoms with Crippen LogP contribution in [0.25, 0.3) is 0 Å². The molecule has 0 saturated heterocycles. The Hall–Kier alpha value is -2.20. The molecule has 0 aliphatic rings. The van der Waals surface area contributed by atoms with Crippen LogP contribution in [0.1, 0.15) is 24.5 Å². The number of allylic oxidation sites excluding steroid dienone is 1. The number of thioether (sulfide) groups is 1. The molecule has 0 fully saturated rings. The Morgan fingerprint density at radius 1 is 1.16 bits per heavy atom. The minimum absolute atomic E-state index is 0.223. The van der Waals surface area contributed by atoms with Crippen molar-refractivity contribution in [3.63, 3.8) is 0 Å². The molecule has 25 heavy (non-hydrogen) atoms. The summed E-state index contributed by atoms with van der Waals surface area (Å²) < 4.78 is 9.82. The van der Waals surface area contributed by atoms with E-state index in [1.807, 2.05) is 61.5 Å². The van der Waals surface area contributed by atoms with Crippen molar-refractivity contribution in [2.24, 2.45) is 0 Å². The first-order valence-electron chi connectivity index (χ1n) is 8.26. The molecule has 1 unspecified atom stereocenters. The first kappa shape index (κ1) is 19.1. The van der Waals surface area contributed by atoms with Crippen molar-refractivity contribution in [2.45, 2.75) is 23.8 Å². The first-order valence-corrected chi connectivity index (χ1v) is 9.25. The van der Waals surface area contributed by atoms with Crippen molar-refractivity contribution >= 4 is 17.7 Å². The van der Waals surface area contributed by atoms with Crippen LogP contribution in [0.2, 0.25) is 0 Å². The van der Waals surface area contributed by atoms with Crippen LogP contribution in [0.5, 0.6) is 5.75 Å². The van der Waals surface area contributed by atoms with Crippen LogP contribution in [0, 0.1) is 0 Å². The van der Waals surface area contributed by atoms with Gasteiger partial charge in [-0.25, -0.2) is 0 Å². The predicted molar refractivity (Wildman–Crippen MR) is 104 cm³/mol. The Kier molecular flexibility index (Phi) is 7.14. The van der Waals surface area contributed by atoms with Crippen LogP contribution < -0.4 is 4.74 Å². The van der Waals surface area contributed by atoms with Gasteiger partial charge in [-0.2, -0.15) is 0 Å². The van der Waals surface area contributed by atoms with Crippen molar-refractivity contribution in [3.8, 4) is 5.75 Å². The third kappa shape index (κ3) is 4.67. The molecule has 0 bridgehead atoms. The van der Waals surface area contributed by atoms with Crippen molar-refractivity contribution in [1.29, 1.82) is 0 Å². The molecule has 0 aromatic heterocycles. The number of carbonyl (C=O) groups is 1. The molecule has 0 N–H and O–H groups in total. The Labute approximate surface area is 154 Å². The van der Waals surface area contributed by atoms with Gasteiger partial charge in [-0.1, -0.05) is 48.5 Å². The minimum atomic E-state index is -0.793. The second-order valence-corrected chi connectivity index (χ2v) is 6.82. The topological polar surface area (TPSA) is 35.5 Å². The van der Waals surface area contributed by atoms with Gasteiger partial charge in [0.2, 0.25) is 0 Å². The summed E-state index contributed by atoms with van der Waals surface area (Å²) in [5.41, 5.74) is 2.06. The summed E-state index contributed by atoms with van der Waals surface area (Å²) in [7, 11) is 1.65. The molecule has 0 amide bonds. The van der Waals surface area contributed by atoms with Crippen LogP contribution >= 0.6 is 11.8 Å². The van der Waals surface area contributed by atoms with E-state index in [0.29, 0.717) is 18.8 Å². The van der Waals surface area contributed by atoms with Gasteiger partial charge in [-0.3, -0.25) is 4.79 Å². The molecule has 0 aliphatic carbocycles. The maximum atomic E-state index is 12.9. The second kappa shape index (κ2) is 9.33. The molecule has 0 radical (unpaired) electrons. The SMILES string of the molecule is C=CCC(SCc1ccc(OC)cc1)(C(=O)OCC)c1ccccc1. The fraction of sp³-hybridized carbons (Fsp3) is 0.286. The van der Waals surface area contributed by atoms with Crippen LogP contribution in [0.3, 0.4) is 0 Å². The van der Waals surface area contributed by atoms with Crippen LogP contribution in [0.4, 0.5) is 0 Å². The van der Waals surface area contributed by atoms with E-state index >= 15 is 0 Å². The van der Waals surface area contributed by atoms with Gasteiger partial charge in [0.05, 0.1) is 13.7 Å². The summed E-state index contributed by atoms with van der Waals surface area (Å²) in [6.45, 7) is 6.04. The molecule has 1 atom stereocenters. The predicted octanol–water partition coefficient (Wildman–Crippen LogP) is 4.96. The quantitative estimate of drug-likeness (QED) is 0.470. The molecule has 0 aliphatic heterocycles. The van der Waals surface area contributed by atoms with E-state index in [4.69, 9.17) is 9.47 Å². The van der Waals surface area contributed by atoms with E-state index in [0.717, 1.165) is 16.9 Å². The fourth-order valence-corrected chi connectivity index (χ4v) is 3.93. The van der Waals surface area contributed by atoms with E-state index in [1.165, 1.54) is 0 Å². The molecule has 4 heteroatoms. The van der Waals surface area contributed by atoms with Crippen LogP contribution in [-0.4, -0.2) is 19.7 Å². The maximum absolute atomic E-state index is 12.9. The highest BCUT2D eigenvalue weighted by atomic mass is 32.2. The summed E-state index contributed by atoms with van der Waals surface area (Å²) in [6.07, 6.45) is 2.29. The van der Waals surface area contributed by atoms with Crippen molar-refractivity contribution in [1.82, 2.24) is 0 Å². The Bertz CT molecular complexity index is 682. The number of esters is 1. The minimum Gasteiger partial charge on any atom is -0.497 e. The third-order valence-electron chi connectivity index (χ3n) is 3.92. The summed E-state index contributed by atoms with van der Waals surface area (Å²) in [5, 5.41) is 0. The summed E-state index contributed by atoms with van der Waals surface area (Å²) >= 11 is 1.57. The fourth-order valence-electron chi connectivity index (χ4n) is 2.61. The van der Waals surface area contributed by atoms with Gasteiger partial charge in [0, 0.05) is 5.75 Å². The van der Waals surface area contributed by atoms with Crippen molar-refractivity contribution in [2.75, 3.05) is 13.7 Å². The van der Waals surface area contributed by atoms with Gasteiger partial charge >= 0.3 is 5.97 Å². The molecular formula is C21H24O3S. The van der Waals surface area contributed by atoms with E-state index < -0.39 is 4.75 Å². The van der Waals surface area contributed by atoms with Gasteiger partial charge in [0.1, 0.15) is 10.5 Å². The number of methoxy groups -OCH3 is 1. The first-order chi connectivity index (χ1) is 12.2. The molecule has 2 rings (SSSR count). The molecule has 0 spiro atoms. The third-order valence-corrected chi connectivity index (χ3v) is 5.46. The second-order valence-electron chi connectivity index (χ2n) is 5.54. The lowest BCUT2D eigenvalue weighted by Gasteiger charge is -2.30. The number of hydrogen-bond acceptors (Lipinski definition) is 4. The zero-order chi connectivity index (χ0) is 18.1. The van der Waals surface area contributed by atoms with Crippen molar-refractivity contribution < 1.29 is 14.3 Å². The zero-order valence-electron chi connectivity index (χ0n) is 14.7. The molecule has 3 nitrogen and oxygen atoms in total. The van der Waals surface area contributed by atoms with E-state index in [1.54, 1.807) is 24.9 Å².